The fourth-order valence-electron chi connectivity index (χ4n) is 7.34. The first-order chi connectivity index (χ1) is 15.9. The highest BCUT2D eigenvalue weighted by molar-refractivity contribution is 6.30. The van der Waals surface area contributed by atoms with E-state index in [9.17, 15) is 9.59 Å². The van der Waals surface area contributed by atoms with Crippen molar-refractivity contribution in [3.63, 3.8) is 0 Å². The SMILES string of the molecule is COCC(=O)N1CCN(CC(=O)N(Cc2ccc(Cl)cc2)C23CC4CC(CC(C4)C2)C3)CC1. The summed E-state index contributed by atoms with van der Waals surface area (Å²) in [4.78, 5) is 32.3. The molecule has 1 saturated heterocycles. The third-order valence-electron chi connectivity index (χ3n) is 8.49. The minimum atomic E-state index is 0.0156. The van der Waals surface area contributed by atoms with Crippen molar-refractivity contribution in [3.8, 4) is 0 Å². The predicted molar refractivity (Wildman–Crippen MR) is 128 cm³/mol. The number of ether oxygens (including phenoxy) is 1. The van der Waals surface area contributed by atoms with Crippen LogP contribution in [0.5, 0.6) is 0 Å². The van der Waals surface area contributed by atoms with Crippen LogP contribution in [0.2, 0.25) is 5.02 Å². The lowest BCUT2D eigenvalue weighted by Gasteiger charge is -2.60. The Morgan fingerprint density at radius 2 is 1.58 bits per heavy atom. The molecule has 5 aliphatic rings. The van der Waals surface area contributed by atoms with Gasteiger partial charge in [0.25, 0.3) is 0 Å². The molecule has 7 heteroatoms. The smallest absolute Gasteiger partial charge is 0.248 e. The summed E-state index contributed by atoms with van der Waals surface area (Å²) in [5.41, 5.74) is 1.17. The predicted octanol–water partition coefficient (Wildman–Crippen LogP) is 3.43. The van der Waals surface area contributed by atoms with Gasteiger partial charge < -0.3 is 14.5 Å². The molecular weight excluding hydrogens is 438 g/mol. The number of benzene rings is 1. The van der Waals surface area contributed by atoms with Crippen LogP contribution in [-0.4, -0.2) is 78.5 Å². The maximum atomic E-state index is 13.9. The summed E-state index contributed by atoms with van der Waals surface area (Å²) in [6, 6.07) is 7.97. The summed E-state index contributed by atoms with van der Waals surface area (Å²) < 4.78 is 4.99. The van der Waals surface area contributed by atoms with Crippen molar-refractivity contribution in [2.24, 2.45) is 17.8 Å². The molecule has 1 aromatic carbocycles. The van der Waals surface area contributed by atoms with Crippen LogP contribution in [0, 0.1) is 17.8 Å². The van der Waals surface area contributed by atoms with Gasteiger partial charge in [0.2, 0.25) is 11.8 Å². The van der Waals surface area contributed by atoms with Crippen LogP contribution in [0.3, 0.4) is 0 Å². The minimum Gasteiger partial charge on any atom is -0.375 e. The van der Waals surface area contributed by atoms with E-state index in [0.717, 1.165) is 41.4 Å². The highest BCUT2D eigenvalue weighted by atomic mass is 35.5. The average molecular weight is 474 g/mol. The Labute approximate surface area is 202 Å². The summed E-state index contributed by atoms with van der Waals surface area (Å²) in [6.45, 7) is 4.00. The van der Waals surface area contributed by atoms with Crippen molar-refractivity contribution < 1.29 is 14.3 Å². The molecule has 33 heavy (non-hydrogen) atoms. The third kappa shape index (κ3) is 4.94. The maximum Gasteiger partial charge on any atom is 0.248 e. The van der Waals surface area contributed by atoms with Gasteiger partial charge in [-0.2, -0.15) is 0 Å². The van der Waals surface area contributed by atoms with Crippen molar-refractivity contribution in [2.45, 2.75) is 50.6 Å². The fraction of sp³-hybridized carbons (Fsp3) is 0.692. The first kappa shape index (κ1) is 23.1. The first-order valence-corrected chi connectivity index (χ1v) is 12.9. The highest BCUT2D eigenvalue weighted by Gasteiger charge is 2.54. The van der Waals surface area contributed by atoms with Crippen molar-refractivity contribution in [1.82, 2.24) is 14.7 Å². The van der Waals surface area contributed by atoms with Crippen molar-refractivity contribution in [3.05, 3.63) is 34.9 Å². The second-order valence-electron chi connectivity index (χ2n) is 10.8. The van der Waals surface area contributed by atoms with Gasteiger partial charge in [-0.05, 0) is 74.0 Å². The molecule has 0 atom stereocenters. The van der Waals surface area contributed by atoms with E-state index in [1.165, 1.54) is 38.5 Å². The molecule has 1 aromatic rings. The molecule has 4 aliphatic carbocycles. The number of carbonyl (C=O) groups excluding carboxylic acids is 2. The molecule has 6 rings (SSSR count). The summed E-state index contributed by atoms with van der Waals surface area (Å²) in [6.07, 6.45) is 7.58. The topological polar surface area (TPSA) is 53.1 Å². The van der Waals surface area contributed by atoms with E-state index >= 15 is 0 Å². The largest absolute Gasteiger partial charge is 0.375 e. The van der Waals surface area contributed by atoms with Crippen molar-refractivity contribution in [1.29, 1.82) is 0 Å². The van der Waals surface area contributed by atoms with Gasteiger partial charge in [0, 0.05) is 50.4 Å². The van der Waals surface area contributed by atoms with Crippen molar-refractivity contribution >= 4 is 23.4 Å². The number of amides is 2. The Balaban J connectivity index is 1.30. The molecule has 0 unspecified atom stereocenters. The van der Waals surface area contributed by atoms with Crippen LogP contribution in [0.1, 0.15) is 44.1 Å². The Morgan fingerprint density at radius 1 is 1.00 bits per heavy atom. The molecular formula is C26H36ClN3O3. The van der Waals surface area contributed by atoms with E-state index in [0.29, 0.717) is 26.2 Å². The summed E-state index contributed by atoms with van der Waals surface area (Å²) in [7, 11) is 1.55. The number of rotatable bonds is 7. The fourth-order valence-corrected chi connectivity index (χ4v) is 7.46. The number of piperazine rings is 1. The van der Waals surface area contributed by atoms with Gasteiger partial charge in [0.15, 0.2) is 0 Å². The normalized spacial score (nSPS) is 31.1. The quantitative estimate of drug-likeness (QED) is 0.608. The standard InChI is InChI=1S/C26H36ClN3O3/c1-33-18-25(32)29-8-6-28(7-9-29)17-24(31)30(16-19-2-4-23(27)5-3-19)26-13-20-10-21(14-26)12-22(11-20)15-26/h2-5,20-22H,6-18H2,1H3. The molecule has 4 saturated carbocycles. The number of methoxy groups -OCH3 is 1. The van der Waals surface area contributed by atoms with Gasteiger partial charge in [0.1, 0.15) is 6.61 Å². The van der Waals surface area contributed by atoms with Gasteiger partial charge in [-0.1, -0.05) is 23.7 Å². The van der Waals surface area contributed by atoms with E-state index in [-0.39, 0.29) is 24.0 Å². The van der Waals surface area contributed by atoms with E-state index in [2.05, 4.69) is 21.9 Å². The molecule has 1 heterocycles. The number of nitrogens with zero attached hydrogens (tertiary/aromatic N) is 3. The molecule has 0 radical (unpaired) electrons. The molecule has 6 nitrogen and oxygen atoms in total. The van der Waals surface area contributed by atoms with E-state index in [4.69, 9.17) is 16.3 Å². The number of carbonyl (C=O) groups is 2. The molecule has 1 aliphatic heterocycles. The maximum absolute atomic E-state index is 13.9. The Morgan fingerprint density at radius 3 is 2.12 bits per heavy atom. The van der Waals surface area contributed by atoms with Crippen LogP contribution in [0.15, 0.2) is 24.3 Å². The molecule has 0 N–H and O–H groups in total. The van der Waals surface area contributed by atoms with Crippen LogP contribution >= 0.6 is 11.6 Å². The minimum absolute atomic E-state index is 0.0156. The van der Waals surface area contributed by atoms with E-state index in [1.807, 2.05) is 17.0 Å². The number of hydrogen-bond acceptors (Lipinski definition) is 4. The number of hydrogen-bond donors (Lipinski definition) is 0. The zero-order valence-corrected chi connectivity index (χ0v) is 20.4. The van der Waals surface area contributed by atoms with Gasteiger partial charge in [-0.15, -0.1) is 0 Å². The van der Waals surface area contributed by atoms with Crippen LogP contribution in [-0.2, 0) is 20.9 Å². The van der Waals surface area contributed by atoms with Crippen LogP contribution < -0.4 is 0 Å². The zero-order chi connectivity index (χ0) is 23.0. The van der Waals surface area contributed by atoms with Crippen molar-refractivity contribution in [2.75, 3.05) is 46.4 Å². The third-order valence-corrected chi connectivity index (χ3v) is 8.74. The van der Waals surface area contributed by atoms with Crippen LogP contribution in [0.4, 0.5) is 0 Å². The van der Waals surface area contributed by atoms with E-state index in [1.54, 1.807) is 7.11 Å². The second kappa shape index (κ2) is 9.55. The highest BCUT2D eigenvalue weighted by Crippen LogP contribution is 2.58. The lowest BCUT2D eigenvalue weighted by Crippen LogP contribution is -2.62. The lowest BCUT2D eigenvalue weighted by atomic mass is 9.52. The summed E-state index contributed by atoms with van der Waals surface area (Å²) in [5, 5.41) is 0.729. The number of halogens is 1. The second-order valence-corrected chi connectivity index (χ2v) is 11.3. The van der Waals surface area contributed by atoms with E-state index < -0.39 is 0 Å². The van der Waals surface area contributed by atoms with Gasteiger partial charge in [-0.25, -0.2) is 0 Å². The van der Waals surface area contributed by atoms with Crippen LogP contribution in [0.25, 0.3) is 0 Å². The van der Waals surface area contributed by atoms with Gasteiger partial charge in [0.05, 0.1) is 6.54 Å². The zero-order valence-electron chi connectivity index (χ0n) is 19.7. The van der Waals surface area contributed by atoms with Gasteiger partial charge >= 0.3 is 0 Å². The molecule has 0 spiro atoms. The van der Waals surface area contributed by atoms with Gasteiger partial charge in [-0.3, -0.25) is 14.5 Å². The molecule has 0 aromatic heterocycles. The first-order valence-electron chi connectivity index (χ1n) is 12.5. The Kier molecular flexibility index (Phi) is 6.69. The molecule has 4 bridgehead atoms. The Bertz CT molecular complexity index is 831. The summed E-state index contributed by atoms with van der Waals surface area (Å²) in [5.74, 6) is 2.62. The molecule has 5 fully saturated rings. The summed E-state index contributed by atoms with van der Waals surface area (Å²) >= 11 is 6.13. The monoisotopic (exact) mass is 473 g/mol. The Hall–Kier alpha value is -1.63. The average Bonchev–Trinajstić information content (AvgIpc) is 2.78. The molecule has 2 amide bonds. The molecule has 180 valence electrons. The lowest BCUT2D eigenvalue weighted by molar-refractivity contribution is -0.154.